The second kappa shape index (κ2) is 10.0. The van der Waals surface area contributed by atoms with Gasteiger partial charge in [0, 0.05) is 24.2 Å². The number of benzene rings is 1. The summed E-state index contributed by atoms with van der Waals surface area (Å²) in [6, 6.07) is 3.97. The molecule has 0 spiro atoms. The molecule has 1 unspecified atom stereocenters. The number of amides is 1. The summed E-state index contributed by atoms with van der Waals surface area (Å²) in [6.45, 7) is 11.0. The van der Waals surface area contributed by atoms with E-state index in [2.05, 4.69) is 42.1 Å². The highest BCUT2D eigenvalue weighted by Crippen LogP contribution is 2.41. The van der Waals surface area contributed by atoms with Crippen molar-refractivity contribution in [3.05, 3.63) is 29.5 Å². The minimum Gasteiger partial charge on any atom is -0.511 e. The fraction of sp³-hybridized carbons (Fsp3) is 0.583. The molecule has 1 aromatic rings. The van der Waals surface area contributed by atoms with Crippen molar-refractivity contribution < 1.29 is 26.7 Å². The van der Waals surface area contributed by atoms with Gasteiger partial charge in [-0.2, -0.15) is 8.42 Å². The Hall–Kier alpha value is -2.60. The molecule has 0 saturated carbocycles. The molecule has 3 N–H and O–H groups in total. The first kappa shape index (κ1) is 28.0. The van der Waals surface area contributed by atoms with Crippen molar-refractivity contribution in [1.82, 2.24) is 4.90 Å². The Balaban J connectivity index is 2.08. The predicted octanol–water partition coefficient (Wildman–Crippen LogP) is 3.71. The number of nitrogens with one attached hydrogen (secondary N) is 2. The van der Waals surface area contributed by atoms with Crippen molar-refractivity contribution in [2.45, 2.75) is 58.8 Å². The van der Waals surface area contributed by atoms with Gasteiger partial charge in [-0.15, -0.1) is 4.40 Å². The highest BCUT2D eigenvalue weighted by atomic mass is 32.2. The fourth-order valence-corrected chi connectivity index (χ4v) is 5.99. The van der Waals surface area contributed by atoms with Crippen LogP contribution in [0.5, 0.6) is 0 Å². The second-order valence-corrected chi connectivity index (χ2v) is 14.1. The highest BCUT2D eigenvalue weighted by molar-refractivity contribution is 7.92. The Labute approximate surface area is 214 Å². The summed E-state index contributed by atoms with van der Waals surface area (Å²) in [6.07, 6.45) is 3.15. The Morgan fingerprint density at radius 3 is 2.42 bits per heavy atom. The first-order valence-corrected chi connectivity index (χ1v) is 15.3. The average molecular weight is 541 g/mol. The molecule has 0 bridgehead atoms. The van der Waals surface area contributed by atoms with Crippen molar-refractivity contribution in [3.63, 3.8) is 0 Å². The summed E-state index contributed by atoms with van der Waals surface area (Å²) in [5.41, 5.74) is -0.710. The number of anilines is 2. The standard InChI is InChI=1S/C24H36N4O6S2/c1-15(2)9-11-24(5)14-28(12-10-16(3)4)23(30)20(21(24)29)22-25-18-8-7-17(26-35(6,31)32)13-19(18)36(33,34)27-22/h7-8,13,15-16,26,29H,9-12,14H2,1-6H3,(H,25,27). The number of nitrogens with zero attached hydrogens (tertiary/aromatic N) is 2. The van der Waals surface area contributed by atoms with Gasteiger partial charge in [-0.3, -0.25) is 9.52 Å². The first-order chi connectivity index (χ1) is 16.5. The number of fused-ring (bicyclic) bond motifs is 1. The molecule has 0 fully saturated rings. The summed E-state index contributed by atoms with van der Waals surface area (Å²) in [4.78, 5) is 15.0. The molecule has 2 aliphatic rings. The molecule has 2 heterocycles. The van der Waals surface area contributed by atoms with E-state index in [0.717, 1.165) is 25.2 Å². The maximum atomic E-state index is 13.5. The molecule has 12 heteroatoms. The smallest absolute Gasteiger partial charge is 0.286 e. The lowest BCUT2D eigenvalue weighted by Gasteiger charge is -2.41. The largest absolute Gasteiger partial charge is 0.511 e. The molecular weight excluding hydrogens is 504 g/mol. The summed E-state index contributed by atoms with van der Waals surface area (Å²) in [5.74, 6) is -0.148. The van der Waals surface area contributed by atoms with Crippen LogP contribution in [-0.4, -0.2) is 57.9 Å². The van der Waals surface area contributed by atoms with Crippen LogP contribution >= 0.6 is 0 Å². The van der Waals surface area contributed by atoms with Gasteiger partial charge in [0.2, 0.25) is 10.0 Å². The van der Waals surface area contributed by atoms with E-state index >= 15 is 0 Å². The number of amidine groups is 1. The maximum absolute atomic E-state index is 13.5. The van der Waals surface area contributed by atoms with E-state index in [-0.39, 0.29) is 33.4 Å². The third kappa shape index (κ3) is 6.20. The van der Waals surface area contributed by atoms with Gasteiger partial charge in [-0.1, -0.05) is 34.6 Å². The van der Waals surface area contributed by atoms with Crippen LogP contribution in [0.1, 0.15) is 53.9 Å². The van der Waals surface area contributed by atoms with Crippen molar-refractivity contribution in [2.24, 2.45) is 21.6 Å². The van der Waals surface area contributed by atoms with Crippen LogP contribution < -0.4 is 10.0 Å². The summed E-state index contributed by atoms with van der Waals surface area (Å²) >= 11 is 0. The lowest BCUT2D eigenvalue weighted by atomic mass is 9.76. The molecule has 10 nitrogen and oxygen atoms in total. The summed E-state index contributed by atoms with van der Waals surface area (Å²) in [5, 5.41) is 14.2. The fourth-order valence-electron chi connectivity index (χ4n) is 4.29. The van der Waals surface area contributed by atoms with Crippen LogP contribution in [0.2, 0.25) is 0 Å². The van der Waals surface area contributed by atoms with Gasteiger partial charge in [-0.25, -0.2) is 8.42 Å². The quantitative estimate of drug-likeness (QED) is 0.433. The van der Waals surface area contributed by atoms with Gasteiger partial charge in [0.25, 0.3) is 15.9 Å². The minimum atomic E-state index is -4.30. The SMILES string of the molecule is CC(C)CCN1CC(C)(CCC(C)C)C(O)=C(C2=NS(=O)(=O)c3cc(NS(C)(=O)=O)ccc3N2)C1=O. The second-order valence-electron chi connectivity index (χ2n) is 10.8. The van der Waals surface area contributed by atoms with Crippen LogP contribution in [0.4, 0.5) is 11.4 Å². The van der Waals surface area contributed by atoms with E-state index < -0.39 is 31.4 Å². The lowest BCUT2D eigenvalue weighted by molar-refractivity contribution is -0.130. The van der Waals surface area contributed by atoms with Crippen LogP contribution in [0, 0.1) is 17.3 Å². The highest BCUT2D eigenvalue weighted by Gasteiger charge is 2.45. The van der Waals surface area contributed by atoms with Crippen LogP contribution in [0.25, 0.3) is 0 Å². The monoisotopic (exact) mass is 540 g/mol. The molecule has 200 valence electrons. The molecule has 0 radical (unpaired) electrons. The van der Waals surface area contributed by atoms with Crippen molar-refractivity contribution in [3.8, 4) is 0 Å². The zero-order valence-corrected chi connectivity index (χ0v) is 23.3. The molecular formula is C24H36N4O6S2. The predicted molar refractivity (Wildman–Crippen MR) is 141 cm³/mol. The molecule has 1 aromatic carbocycles. The Morgan fingerprint density at radius 1 is 1.19 bits per heavy atom. The number of rotatable bonds is 9. The zero-order valence-electron chi connectivity index (χ0n) is 21.6. The maximum Gasteiger partial charge on any atom is 0.286 e. The summed E-state index contributed by atoms with van der Waals surface area (Å²) in [7, 11) is -7.91. The number of hydrogen-bond acceptors (Lipinski definition) is 7. The topological polar surface area (TPSA) is 145 Å². The first-order valence-electron chi connectivity index (χ1n) is 12.0. The number of sulfonamides is 2. The van der Waals surface area contributed by atoms with Crippen LogP contribution in [0.15, 0.2) is 38.8 Å². The van der Waals surface area contributed by atoms with Gasteiger partial charge in [-0.05, 0) is 49.3 Å². The van der Waals surface area contributed by atoms with Crippen LogP contribution in [-0.2, 0) is 24.8 Å². The van der Waals surface area contributed by atoms with Gasteiger partial charge in [0.05, 0.1) is 11.9 Å². The number of aliphatic hydroxyl groups excluding tert-OH is 1. The minimum absolute atomic E-state index is 0.0669. The van der Waals surface area contributed by atoms with Crippen molar-refractivity contribution in [1.29, 1.82) is 0 Å². The Kier molecular flexibility index (Phi) is 7.81. The third-order valence-corrected chi connectivity index (χ3v) is 8.29. The Bertz CT molecular complexity index is 1320. The van der Waals surface area contributed by atoms with E-state index in [0.29, 0.717) is 31.3 Å². The zero-order chi connectivity index (χ0) is 27.1. The Morgan fingerprint density at radius 2 is 1.83 bits per heavy atom. The molecule has 1 atom stereocenters. The van der Waals surface area contributed by atoms with Gasteiger partial charge in [0.1, 0.15) is 16.2 Å². The average Bonchev–Trinajstić information content (AvgIpc) is 2.73. The van der Waals surface area contributed by atoms with Crippen molar-refractivity contribution >= 4 is 43.2 Å². The molecule has 0 aromatic heterocycles. The summed E-state index contributed by atoms with van der Waals surface area (Å²) < 4.78 is 55.4. The lowest BCUT2D eigenvalue weighted by Crippen LogP contribution is -2.50. The van der Waals surface area contributed by atoms with Gasteiger partial charge >= 0.3 is 0 Å². The van der Waals surface area contributed by atoms with E-state index in [9.17, 15) is 26.7 Å². The normalized spacial score (nSPS) is 21.9. The number of hydrogen-bond donors (Lipinski definition) is 3. The molecule has 36 heavy (non-hydrogen) atoms. The van der Waals surface area contributed by atoms with Gasteiger partial charge in [0.15, 0.2) is 5.84 Å². The van der Waals surface area contributed by atoms with E-state index in [1.54, 1.807) is 4.90 Å². The molecule has 0 aliphatic carbocycles. The number of carbonyl (C=O) groups excluding carboxylic acids is 1. The van der Waals surface area contributed by atoms with E-state index in [4.69, 9.17) is 0 Å². The molecule has 3 rings (SSSR count). The van der Waals surface area contributed by atoms with E-state index in [1.807, 2.05) is 6.92 Å². The van der Waals surface area contributed by atoms with Gasteiger partial charge < -0.3 is 15.3 Å². The van der Waals surface area contributed by atoms with Crippen LogP contribution in [0.3, 0.4) is 0 Å². The molecule has 2 aliphatic heterocycles. The molecule has 1 amide bonds. The number of carbonyl (C=O) groups is 1. The van der Waals surface area contributed by atoms with Crippen molar-refractivity contribution in [2.75, 3.05) is 29.4 Å². The third-order valence-electron chi connectivity index (χ3n) is 6.36. The van der Waals surface area contributed by atoms with E-state index in [1.165, 1.54) is 12.1 Å². The number of aliphatic hydroxyl groups is 1. The molecule has 0 saturated heterocycles.